The second kappa shape index (κ2) is 4.39. The molecule has 21 heavy (non-hydrogen) atoms. The second-order valence-corrected chi connectivity index (χ2v) is 6.29. The molecule has 3 aromatic rings. The third-order valence-corrected chi connectivity index (χ3v) is 5.17. The number of aromatic nitrogens is 2. The fourth-order valence-electron chi connectivity index (χ4n) is 3.00. The minimum absolute atomic E-state index is 0.0529. The van der Waals surface area contributed by atoms with E-state index in [2.05, 4.69) is 4.98 Å². The molecule has 0 radical (unpaired) electrons. The normalized spacial score (nSPS) is 14.5. The number of nitrogens with zero attached hydrogens (tertiary/aromatic N) is 2. The molecular weight excluding hydrogens is 288 g/mol. The van der Waals surface area contributed by atoms with E-state index in [4.69, 9.17) is 0 Å². The van der Waals surface area contributed by atoms with Gasteiger partial charge in [-0.15, -0.1) is 11.3 Å². The highest BCUT2D eigenvalue weighted by Crippen LogP contribution is 2.33. The molecule has 106 valence electrons. The van der Waals surface area contributed by atoms with Gasteiger partial charge >= 0.3 is 0 Å². The Balaban J connectivity index is 2.19. The zero-order chi connectivity index (χ0) is 14.6. The highest BCUT2D eigenvalue weighted by molar-refractivity contribution is 7.18. The van der Waals surface area contributed by atoms with E-state index in [-0.39, 0.29) is 16.8 Å². The van der Waals surface area contributed by atoms with Crippen molar-refractivity contribution in [1.29, 1.82) is 0 Å². The predicted molar refractivity (Wildman–Crippen MR) is 77.8 cm³/mol. The van der Waals surface area contributed by atoms with E-state index in [1.807, 2.05) is 0 Å². The van der Waals surface area contributed by atoms with Gasteiger partial charge in [-0.05, 0) is 43.4 Å². The van der Waals surface area contributed by atoms with E-state index in [1.165, 1.54) is 32.7 Å². The molecule has 0 amide bonds. The van der Waals surface area contributed by atoms with Crippen molar-refractivity contribution in [3.05, 3.63) is 44.7 Å². The number of carboxylic acids is 1. The van der Waals surface area contributed by atoms with Crippen LogP contribution in [0, 0.1) is 0 Å². The van der Waals surface area contributed by atoms with Gasteiger partial charge in [-0.25, -0.2) is 4.98 Å². The number of thiophene rings is 1. The molecule has 1 aliphatic rings. The van der Waals surface area contributed by atoms with Crippen LogP contribution in [-0.4, -0.2) is 15.4 Å². The highest BCUT2D eigenvalue weighted by Gasteiger charge is 2.20. The Hall–Kier alpha value is -2.21. The maximum Gasteiger partial charge on any atom is 0.266 e. The first-order valence-corrected chi connectivity index (χ1v) is 7.65. The van der Waals surface area contributed by atoms with Crippen LogP contribution >= 0.6 is 11.3 Å². The molecule has 0 N–H and O–H groups in total. The second-order valence-electron chi connectivity index (χ2n) is 5.21. The molecule has 0 aromatic carbocycles. The van der Waals surface area contributed by atoms with Crippen molar-refractivity contribution in [2.75, 3.05) is 0 Å². The fourth-order valence-corrected chi connectivity index (χ4v) is 4.26. The van der Waals surface area contributed by atoms with Crippen molar-refractivity contribution in [3.8, 4) is 0 Å². The Morgan fingerprint density at radius 1 is 1.33 bits per heavy atom. The number of carbonyl (C=O) groups excluding carboxylic acids is 1. The largest absolute Gasteiger partial charge is 0.545 e. The summed E-state index contributed by atoms with van der Waals surface area (Å²) < 4.78 is 1.31. The summed E-state index contributed by atoms with van der Waals surface area (Å²) in [5, 5.41) is 11.8. The molecule has 0 saturated heterocycles. The number of pyridine rings is 1. The Bertz CT molecular complexity index is 955. The van der Waals surface area contributed by atoms with Crippen LogP contribution in [0.1, 0.15) is 33.6 Å². The van der Waals surface area contributed by atoms with Crippen LogP contribution in [0.4, 0.5) is 0 Å². The Morgan fingerprint density at radius 3 is 2.95 bits per heavy atom. The van der Waals surface area contributed by atoms with Gasteiger partial charge in [0, 0.05) is 16.6 Å². The molecule has 0 spiro atoms. The monoisotopic (exact) mass is 299 g/mol. The van der Waals surface area contributed by atoms with Crippen molar-refractivity contribution in [2.45, 2.75) is 25.7 Å². The number of aryl methyl sites for hydroxylation is 2. The van der Waals surface area contributed by atoms with Crippen LogP contribution in [0.5, 0.6) is 0 Å². The predicted octanol–water partition coefficient (Wildman–Crippen LogP) is 1.15. The van der Waals surface area contributed by atoms with E-state index >= 15 is 0 Å². The quantitative estimate of drug-likeness (QED) is 0.675. The van der Waals surface area contributed by atoms with Crippen LogP contribution in [0.2, 0.25) is 0 Å². The summed E-state index contributed by atoms with van der Waals surface area (Å²) in [6.07, 6.45) is 5.65. The lowest BCUT2D eigenvalue weighted by Gasteiger charge is -2.10. The molecule has 6 heteroatoms. The SMILES string of the molecule is O=C([O-])c1cccn2c(=O)c3c4c(sc3nc12)CCCC4. The zero-order valence-electron chi connectivity index (χ0n) is 11.1. The van der Waals surface area contributed by atoms with E-state index in [1.54, 1.807) is 6.20 Å². The zero-order valence-corrected chi connectivity index (χ0v) is 11.9. The lowest BCUT2D eigenvalue weighted by atomic mass is 9.97. The molecule has 0 fully saturated rings. The molecule has 0 bridgehead atoms. The summed E-state index contributed by atoms with van der Waals surface area (Å²) >= 11 is 1.51. The van der Waals surface area contributed by atoms with Crippen LogP contribution in [-0.2, 0) is 12.8 Å². The summed E-state index contributed by atoms with van der Waals surface area (Å²) in [5.41, 5.74) is 1.03. The number of carboxylic acid groups (broad SMARTS) is 1. The maximum absolute atomic E-state index is 12.7. The highest BCUT2D eigenvalue weighted by atomic mass is 32.1. The number of carbonyl (C=O) groups is 1. The lowest BCUT2D eigenvalue weighted by molar-refractivity contribution is -0.254. The lowest BCUT2D eigenvalue weighted by Crippen LogP contribution is -2.25. The Labute approximate surface area is 123 Å². The molecule has 3 heterocycles. The number of hydrogen-bond acceptors (Lipinski definition) is 5. The number of aromatic carboxylic acids is 1. The molecule has 0 aliphatic heterocycles. The first-order valence-electron chi connectivity index (χ1n) is 6.84. The maximum atomic E-state index is 12.7. The van der Waals surface area contributed by atoms with Crippen LogP contribution in [0.15, 0.2) is 23.1 Å². The van der Waals surface area contributed by atoms with E-state index < -0.39 is 5.97 Å². The number of rotatable bonds is 1. The molecular formula is C15H11N2O3S-. The van der Waals surface area contributed by atoms with Gasteiger partial charge in [-0.3, -0.25) is 9.20 Å². The smallest absolute Gasteiger partial charge is 0.266 e. The number of fused-ring (bicyclic) bond motifs is 4. The van der Waals surface area contributed by atoms with Gasteiger partial charge in [-0.1, -0.05) is 0 Å². The summed E-state index contributed by atoms with van der Waals surface area (Å²) in [7, 11) is 0. The van der Waals surface area contributed by atoms with Crippen LogP contribution in [0.3, 0.4) is 0 Å². The molecule has 0 saturated carbocycles. The van der Waals surface area contributed by atoms with Crippen LogP contribution in [0.25, 0.3) is 15.9 Å². The van der Waals surface area contributed by atoms with Crippen molar-refractivity contribution in [1.82, 2.24) is 9.38 Å². The van der Waals surface area contributed by atoms with Gasteiger partial charge in [0.05, 0.1) is 11.4 Å². The third kappa shape index (κ3) is 1.72. The van der Waals surface area contributed by atoms with Gasteiger partial charge in [0.2, 0.25) is 0 Å². The van der Waals surface area contributed by atoms with Gasteiger partial charge in [0.15, 0.2) is 0 Å². The standard InChI is InChI=1S/C15H12N2O3S/c18-14-11-8-4-1-2-6-10(8)21-13(11)16-12-9(15(19)20)5-3-7-17(12)14/h3,5,7H,1-2,4,6H2,(H,19,20)/p-1. The average Bonchev–Trinajstić information content (AvgIpc) is 2.85. The topological polar surface area (TPSA) is 74.5 Å². The van der Waals surface area contributed by atoms with Crippen molar-refractivity contribution < 1.29 is 9.90 Å². The van der Waals surface area contributed by atoms with Gasteiger partial charge in [0.1, 0.15) is 10.5 Å². The van der Waals surface area contributed by atoms with Crippen molar-refractivity contribution in [2.24, 2.45) is 0 Å². The van der Waals surface area contributed by atoms with Gasteiger partial charge in [-0.2, -0.15) is 0 Å². The molecule has 4 rings (SSSR count). The van der Waals surface area contributed by atoms with Crippen LogP contribution < -0.4 is 10.7 Å². The molecule has 1 aliphatic carbocycles. The molecule has 3 aromatic heterocycles. The van der Waals surface area contributed by atoms with E-state index in [0.717, 1.165) is 31.2 Å². The fraction of sp³-hybridized carbons (Fsp3) is 0.267. The number of hydrogen-bond donors (Lipinski definition) is 0. The summed E-state index contributed by atoms with van der Waals surface area (Å²) in [6.45, 7) is 0. The minimum Gasteiger partial charge on any atom is -0.545 e. The molecule has 0 atom stereocenters. The average molecular weight is 299 g/mol. The Kier molecular flexibility index (Phi) is 2.62. The summed E-state index contributed by atoms with van der Waals surface area (Å²) in [6, 6.07) is 2.95. The van der Waals surface area contributed by atoms with E-state index in [0.29, 0.717) is 10.2 Å². The first-order chi connectivity index (χ1) is 10.2. The molecule has 5 nitrogen and oxygen atoms in total. The summed E-state index contributed by atoms with van der Waals surface area (Å²) in [5.74, 6) is -1.32. The van der Waals surface area contributed by atoms with Crippen molar-refractivity contribution in [3.63, 3.8) is 0 Å². The van der Waals surface area contributed by atoms with Crippen molar-refractivity contribution >= 4 is 33.2 Å². The van der Waals surface area contributed by atoms with Gasteiger partial charge in [0.25, 0.3) is 5.56 Å². The summed E-state index contributed by atoms with van der Waals surface area (Å²) in [4.78, 5) is 30.2. The first kappa shape index (κ1) is 12.5. The van der Waals surface area contributed by atoms with Gasteiger partial charge < -0.3 is 9.90 Å². The molecule has 0 unspecified atom stereocenters. The third-order valence-electron chi connectivity index (χ3n) is 3.98. The Morgan fingerprint density at radius 2 is 2.14 bits per heavy atom. The minimum atomic E-state index is -1.32. The van der Waals surface area contributed by atoms with E-state index in [9.17, 15) is 14.7 Å².